The summed E-state index contributed by atoms with van der Waals surface area (Å²) in [6.45, 7) is 6.68. The Hall–Kier alpha value is -1.62. The van der Waals surface area contributed by atoms with E-state index in [4.69, 9.17) is 5.73 Å². The van der Waals surface area contributed by atoms with Gasteiger partial charge in [0.2, 0.25) is 5.91 Å². The summed E-state index contributed by atoms with van der Waals surface area (Å²) in [6, 6.07) is 1.87. The molecule has 5 nitrogen and oxygen atoms in total. The van der Waals surface area contributed by atoms with E-state index in [0.29, 0.717) is 6.54 Å². The first-order chi connectivity index (χ1) is 9.24. The molecule has 1 aromatic heterocycles. The second-order valence-corrected chi connectivity index (χ2v) is 6.47. The van der Waals surface area contributed by atoms with E-state index in [1.54, 1.807) is 12.4 Å². The van der Waals surface area contributed by atoms with Gasteiger partial charge in [0.25, 0.3) is 0 Å². The van der Waals surface area contributed by atoms with Crippen LogP contribution >= 0.6 is 0 Å². The van der Waals surface area contributed by atoms with Crippen LogP contribution in [0.3, 0.4) is 0 Å². The van der Waals surface area contributed by atoms with Crippen molar-refractivity contribution in [3.8, 4) is 0 Å². The Balaban J connectivity index is 2.84. The zero-order chi connectivity index (χ0) is 15.3. The first-order valence-electron chi connectivity index (χ1n) is 6.87. The van der Waals surface area contributed by atoms with Crippen LogP contribution in [0, 0.1) is 11.3 Å². The molecule has 0 aliphatic rings. The normalized spacial score (nSPS) is 12.9. The maximum absolute atomic E-state index is 12.4. The van der Waals surface area contributed by atoms with Crippen molar-refractivity contribution in [2.24, 2.45) is 17.1 Å². The number of carbonyl (C=O) groups excluding carboxylic acids is 1. The Kier molecular flexibility index (Phi) is 5.51. The van der Waals surface area contributed by atoms with E-state index >= 15 is 0 Å². The van der Waals surface area contributed by atoms with Crippen LogP contribution in [0.15, 0.2) is 18.5 Å². The van der Waals surface area contributed by atoms with Crippen LogP contribution in [0.4, 0.5) is 11.4 Å². The predicted molar refractivity (Wildman–Crippen MR) is 83.8 cm³/mol. The largest absolute Gasteiger partial charge is 0.376 e. The highest BCUT2D eigenvalue weighted by Gasteiger charge is 2.24. The number of hydrogen-bond acceptors (Lipinski definition) is 4. The Morgan fingerprint density at radius 2 is 2.10 bits per heavy atom. The molecule has 20 heavy (non-hydrogen) atoms. The maximum Gasteiger partial charge on any atom is 0.228 e. The summed E-state index contributed by atoms with van der Waals surface area (Å²) in [4.78, 5) is 18.4. The number of carbonyl (C=O) groups is 1. The van der Waals surface area contributed by atoms with Crippen molar-refractivity contribution in [3.63, 3.8) is 0 Å². The van der Waals surface area contributed by atoms with Crippen LogP contribution in [0.2, 0.25) is 0 Å². The third-order valence-corrected chi connectivity index (χ3v) is 3.05. The predicted octanol–water partition coefficient (Wildman–Crippen LogP) is 2.10. The number of nitrogens with one attached hydrogen (secondary N) is 1. The second-order valence-electron chi connectivity index (χ2n) is 6.47. The highest BCUT2D eigenvalue weighted by atomic mass is 16.1. The van der Waals surface area contributed by atoms with Gasteiger partial charge >= 0.3 is 0 Å². The summed E-state index contributed by atoms with van der Waals surface area (Å²) in [5, 5.41) is 2.94. The van der Waals surface area contributed by atoms with E-state index in [-0.39, 0.29) is 17.2 Å². The van der Waals surface area contributed by atoms with E-state index in [1.165, 1.54) is 0 Å². The van der Waals surface area contributed by atoms with Gasteiger partial charge in [-0.05, 0) is 17.9 Å². The molecule has 0 saturated carbocycles. The minimum atomic E-state index is -0.190. The molecule has 0 aromatic carbocycles. The molecule has 1 heterocycles. The van der Waals surface area contributed by atoms with Gasteiger partial charge in [-0.1, -0.05) is 20.8 Å². The van der Waals surface area contributed by atoms with Gasteiger partial charge < -0.3 is 16.0 Å². The van der Waals surface area contributed by atoms with Crippen LogP contribution in [0.25, 0.3) is 0 Å². The average molecular weight is 278 g/mol. The molecule has 1 rings (SSSR count). The van der Waals surface area contributed by atoms with Gasteiger partial charge in [0.05, 0.1) is 23.5 Å². The molecule has 0 aliphatic carbocycles. The minimum Gasteiger partial charge on any atom is -0.376 e. The van der Waals surface area contributed by atoms with Crippen LogP contribution in [-0.4, -0.2) is 31.5 Å². The highest BCUT2D eigenvalue weighted by molar-refractivity contribution is 5.95. The number of anilines is 2. The SMILES string of the molecule is CN(C)c1ccncc1NC(=O)C(CN)CC(C)(C)C. The Morgan fingerprint density at radius 3 is 2.60 bits per heavy atom. The van der Waals surface area contributed by atoms with Crippen molar-refractivity contribution in [2.75, 3.05) is 30.9 Å². The van der Waals surface area contributed by atoms with Crippen molar-refractivity contribution >= 4 is 17.3 Å². The number of hydrogen-bond donors (Lipinski definition) is 2. The van der Waals surface area contributed by atoms with Gasteiger partial charge in [0.1, 0.15) is 0 Å². The van der Waals surface area contributed by atoms with Crippen molar-refractivity contribution in [1.82, 2.24) is 4.98 Å². The number of pyridine rings is 1. The van der Waals surface area contributed by atoms with Crippen molar-refractivity contribution in [3.05, 3.63) is 18.5 Å². The number of amides is 1. The number of rotatable bonds is 5. The lowest BCUT2D eigenvalue weighted by Crippen LogP contribution is -2.32. The first-order valence-corrected chi connectivity index (χ1v) is 6.87. The third-order valence-electron chi connectivity index (χ3n) is 3.05. The van der Waals surface area contributed by atoms with E-state index in [0.717, 1.165) is 17.8 Å². The molecule has 0 spiro atoms. The minimum absolute atomic E-state index is 0.0430. The molecule has 1 atom stereocenters. The van der Waals surface area contributed by atoms with Crippen LogP contribution < -0.4 is 16.0 Å². The molecule has 1 aromatic rings. The molecule has 0 bridgehead atoms. The van der Waals surface area contributed by atoms with Gasteiger partial charge in [0, 0.05) is 26.8 Å². The monoisotopic (exact) mass is 278 g/mol. The summed E-state index contributed by atoms with van der Waals surface area (Å²) in [5.74, 6) is -0.233. The van der Waals surface area contributed by atoms with E-state index in [9.17, 15) is 4.79 Å². The Bertz CT molecular complexity index is 451. The summed E-state index contributed by atoms with van der Waals surface area (Å²) in [7, 11) is 3.86. The number of nitrogens with two attached hydrogens (primary N) is 1. The Morgan fingerprint density at radius 1 is 1.45 bits per heavy atom. The second kappa shape index (κ2) is 6.70. The summed E-state index contributed by atoms with van der Waals surface area (Å²) >= 11 is 0. The molecular formula is C15H26N4O. The number of nitrogens with zero attached hydrogens (tertiary/aromatic N) is 2. The Labute approximate surface area is 121 Å². The van der Waals surface area contributed by atoms with Crippen molar-refractivity contribution in [1.29, 1.82) is 0 Å². The molecule has 0 radical (unpaired) electrons. The fraction of sp³-hybridized carbons (Fsp3) is 0.600. The molecule has 112 valence electrons. The molecule has 1 unspecified atom stereocenters. The fourth-order valence-electron chi connectivity index (χ4n) is 2.13. The average Bonchev–Trinajstić information content (AvgIpc) is 2.35. The topological polar surface area (TPSA) is 71.2 Å². The lowest BCUT2D eigenvalue weighted by Gasteiger charge is -2.25. The standard InChI is InChI=1S/C15H26N4O/c1-15(2,3)8-11(9-16)14(20)18-12-10-17-7-6-13(12)19(4)5/h6-7,10-11H,8-9,16H2,1-5H3,(H,18,20). The van der Waals surface area contributed by atoms with E-state index < -0.39 is 0 Å². The lowest BCUT2D eigenvalue weighted by molar-refractivity contribution is -0.120. The third kappa shape index (κ3) is 4.81. The van der Waals surface area contributed by atoms with Gasteiger partial charge in [-0.3, -0.25) is 9.78 Å². The zero-order valence-electron chi connectivity index (χ0n) is 13.1. The summed E-state index contributed by atoms with van der Waals surface area (Å²) < 4.78 is 0. The van der Waals surface area contributed by atoms with Gasteiger partial charge in [-0.2, -0.15) is 0 Å². The van der Waals surface area contributed by atoms with E-state index in [1.807, 2.05) is 25.1 Å². The zero-order valence-corrected chi connectivity index (χ0v) is 13.1. The van der Waals surface area contributed by atoms with Gasteiger partial charge in [-0.15, -0.1) is 0 Å². The molecule has 3 N–H and O–H groups in total. The van der Waals surface area contributed by atoms with Crippen LogP contribution in [0.5, 0.6) is 0 Å². The lowest BCUT2D eigenvalue weighted by atomic mass is 9.84. The maximum atomic E-state index is 12.4. The molecule has 1 amide bonds. The quantitative estimate of drug-likeness (QED) is 0.865. The smallest absolute Gasteiger partial charge is 0.228 e. The number of aromatic nitrogens is 1. The highest BCUT2D eigenvalue weighted by Crippen LogP contribution is 2.27. The molecule has 0 fully saturated rings. The molecule has 0 saturated heterocycles. The van der Waals surface area contributed by atoms with Crippen molar-refractivity contribution in [2.45, 2.75) is 27.2 Å². The summed E-state index contributed by atoms with van der Waals surface area (Å²) in [6.07, 6.45) is 4.13. The van der Waals surface area contributed by atoms with Crippen molar-refractivity contribution < 1.29 is 4.79 Å². The van der Waals surface area contributed by atoms with Gasteiger partial charge in [0.15, 0.2) is 0 Å². The molecular weight excluding hydrogens is 252 g/mol. The fourth-order valence-corrected chi connectivity index (χ4v) is 2.13. The van der Waals surface area contributed by atoms with Gasteiger partial charge in [-0.25, -0.2) is 0 Å². The summed E-state index contributed by atoms with van der Waals surface area (Å²) in [5.41, 5.74) is 7.46. The van der Waals surface area contributed by atoms with Crippen LogP contribution in [-0.2, 0) is 4.79 Å². The first kappa shape index (κ1) is 16.4. The van der Waals surface area contributed by atoms with Crippen LogP contribution in [0.1, 0.15) is 27.2 Å². The molecule has 5 heteroatoms. The van der Waals surface area contributed by atoms with E-state index in [2.05, 4.69) is 31.1 Å². The molecule has 0 aliphatic heterocycles.